The number of anilines is 2. The van der Waals surface area contributed by atoms with Crippen molar-refractivity contribution in [1.82, 2.24) is 10.3 Å². The first-order valence-electron chi connectivity index (χ1n) is 9.61. The number of hydrogen-bond acceptors (Lipinski definition) is 5. The number of nitrogens with one attached hydrogen (secondary N) is 1. The van der Waals surface area contributed by atoms with Gasteiger partial charge in [-0.05, 0) is 36.8 Å². The molecule has 3 rings (SSSR count). The molecule has 8 heteroatoms. The molecule has 0 unspecified atom stereocenters. The molecule has 1 N–H and O–H groups in total. The van der Waals surface area contributed by atoms with Crippen molar-refractivity contribution >= 4 is 40.0 Å². The van der Waals surface area contributed by atoms with Crippen LogP contribution in [0.25, 0.3) is 6.08 Å². The van der Waals surface area contributed by atoms with Crippen molar-refractivity contribution in [1.29, 1.82) is 0 Å². The summed E-state index contributed by atoms with van der Waals surface area (Å²) in [6.07, 6.45) is 2.89. The second-order valence-corrected chi connectivity index (χ2v) is 7.44. The fourth-order valence-corrected chi connectivity index (χ4v) is 3.62. The molecule has 31 heavy (non-hydrogen) atoms. The first kappa shape index (κ1) is 22.2. The summed E-state index contributed by atoms with van der Waals surface area (Å²) in [5.41, 5.74) is 1.66. The van der Waals surface area contributed by atoms with Crippen LogP contribution < -0.4 is 15.0 Å². The monoisotopic (exact) mass is 439 g/mol. The zero-order valence-electron chi connectivity index (χ0n) is 17.2. The van der Waals surface area contributed by atoms with E-state index in [1.165, 1.54) is 47.4 Å². The maximum atomic E-state index is 14.1. The molecule has 1 heterocycles. The van der Waals surface area contributed by atoms with Crippen molar-refractivity contribution in [3.63, 3.8) is 0 Å². The first-order chi connectivity index (χ1) is 15.0. The summed E-state index contributed by atoms with van der Waals surface area (Å²) in [5, 5.41) is 4.75. The fourth-order valence-electron chi connectivity index (χ4n) is 2.77. The molecule has 2 aromatic carbocycles. The van der Waals surface area contributed by atoms with Crippen LogP contribution in [0.2, 0.25) is 0 Å². The molecule has 1 aromatic heterocycles. The minimum atomic E-state index is -0.516. The predicted octanol–water partition coefficient (Wildman–Crippen LogP) is 4.48. The van der Waals surface area contributed by atoms with Crippen molar-refractivity contribution < 1.29 is 18.7 Å². The number of ether oxygens (including phenoxy) is 1. The van der Waals surface area contributed by atoms with Crippen LogP contribution in [-0.4, -0.2) is 29.9 Å². The number of rotatable bonds is 8. The summed E-state index contributed by atoms with van der Waals surface area (Å²) in [6, 6.07) is 13.7. The van der Waals surface area contributed by atoms with Gasteiger partial charge in [0.1, 0.15) is 18.2 Å². The van der Waals surface area contributed by atoms with E-state index in [-0.39, 0.29) is 17.5 Å². The molecule has 0 bridgehead atoms. The summed E-state index contributed by atoms with van der Waals surface area (Å²) in [7, 11) is 0. The minimum absolute atomic E-state index is 0.131. The van der Waals surface area contributed by atoms with Crippen LogP contribution in [0.5, 0.6) is 5.75 Å². The Labute approximate surface area is 184 Å². The van der Waals surface area contributed by atoms with Gasteiger partial charge in [-0.3, -0.25) is 14.5 Å². The topological polar surface area (TPSA) is 71.5 Å². The van der Waals surface area contributed by atoms with Crippen LogP contribution in [0.3, 0.4) is 0 Å². The summed E-state index contributed by atoms with van der Waals surface area (Å²) < 4.78 is 19.8. The largest absolute Gasteiger partial charge is 0.491 e. The normalized spacial score (nSPS) is 10.8. The summed E-state index contributed by atoms with van der Waals surface area (Å²) in [4.78, 5) is 29.6. The minimum Gasteiger partial charge on any atom is -0.491 e. The highest BCUT2D eigenvalue weighted by Crippen LogP contribution is 2.30. The van der Waals surface area contributed by atoms with Gasteiger partial charge in [0.05, 0.1) is 17.9 Å². The lowest BCUT2D eigenvalue weighted by molar-refractivity contribution is -0.117. The number of nitrogens with zero attached hydrogens (tertiary/aromatic N) is 2. The van der Waals surface area contributed by atoms with E-state index in [2.05, 4.69) is 10.3 Å². The standard InChI is InChI=1S/C23H22FN3O3S/c1-16-7-3-6-10-21(16)30-14-13-25-22(29)12-11-18-15-31-23(26-18)27(17(2)28)20-9-5-4-8-19(20)24/h3-12,15H,13-14H2,1-2H3,(H,25,29)/b12-11+. The zero-order valence-corrected chi connectivity index (χ0v) is 18.0. The van der Waals surface area contributed by atoms with Crippen molar-refractivity contribution in [2.75, 3.05) is 18.1 Å². The van der Waals surface area contributed by atoms with Gasteiger partial charge in [0.25, 0.3) is 0 Å². The van der Waals surface area contributed by atoms with Gasteiger partial charge in [0, 0.05) is 18.4 Å². The lowest BCUT2D eigenvalue weighted by atomic mass is 10.2. The third kappa shape index (κ3) is 5.99. The average Bonchev–Trinajstić information content (AvgIpc) is 3.20. The third-order valence-electron chi connectivity index (χ3n) is 4.27. The van der Waals surface area contributed by atoms with Gasteiger partial charge < -0.3 is 10.1 Å². The highest BCUT2D eigenvalue weighted by Gasteiger charge is 2.20. The van der Waals surface area contributed by atoms with Gasteiger partial charge in [-0.2, -0.15) is 0 Å². The van der Waals surface area contributed by atoms with E-state index in [0.29, 0.717) is 24.0 Å². The molecule has 0 aliphatic heterocycles. The van der Waals surface area contributed by atoms with Gasteiger partial charge in [-0.15, -0.1) is 11.3 Å². The Hall–Kier alpha value is -3.52. The average molecular weight is 440 g/mol. The van der Waals surface area contributed by atoms with E-state index in [1.54, 1.807) is 17.5 Å². The highest BCUT2D eigenvalue weighted by molar-refractivity contribution is 7.14. The number of carbonyl (C=O) groups is 2. The van der Waals surface area contributed by atoms with E-state index in [4.69, 9.17) is 4.74 Å². The molecule has 160 valence electrons. The van der Waals surface area contributed by atoms with E-state index >= 15 is 0 Å². The number of halogens is 1. The number of carbonyl (C=O) groups excluding carboxylic acids is 2. The van der Waals surface area contributed by atoms with E-state index in [0.717, 1.165) is 11.3 Å². The number of aromatic nitrogens is 1. The Balaban J connectivity index is 1.56. The quantitative estimate of drug-likeness (QED) is 0.415. The Morgan fingerprint density at radius 3 is 2.68 bits per heavy atom. The SMILES string of the molecule is CC(=O)N(c1nc(/C=C/C(=O)NCCOc2ccccc2C)cs1)c1ccccc1F. The van der Waals surface area contributed by atoms with Crippen LogP contribution >= 0.6 is 11.3 Å². The number of amides is 2. The molecule has 0 saturated heterocycles. The van der Waals surface area contributed by atoms with E-state index in [1.807, 2.05) is 31.2 Å². The number of thiazole rings is 1. The molecule has 0 atom stereocenters. The fraction of sp³-hybridized carbons (Fsp3) is 0.174. The van der Waals surface area contributed by atoms with Gasteiger partial charge in [-0.25, -0.2) is 9.37 Å². The summed E-state index contributed by atoms with van der Waals surface area (Å²) in [6.45, 7) is 4.00. The summed E-state index contributed by atoms with van der Waals surface area (Å²) in [5.74, 6) is -0.383. The molecular weight excluding hydrogens is 417 g/mol. The van der Waals surface area contributed by atoms with Crippen molar-refractivity contribution in [3.05, 3.63) is 77.1 Å². The smallest absolute Gasteiger partial charge is 0.244 e. The highest BCUT2D eigenvalue weighted by atomic mass is 32.1. The van der Waals surface area contributed by atoms with Crippen LogP contribution in [-0.2, 0) is 9.59 Å². The molecular formula is C23H22FN3O3S. The van der Waals surface area contributed by atoms with Crippen molar-refractivity contribution in [2.45, 2.75) is 13.8 Å². The number of hydrogen-bond donors (Lipinski definition) is 1. The van der Waals surface area contributed by atoms with Gasteiger partial charge >= 0.3 is 0 Å². The lowest BCUT2D eigenvalue weighted by Crippen LogP contribution is -2.26. The molecule has 3 aromatic rings. The molecule has 2 amide bonds. The number of para-hydroxylation sites is 2. The van der Waals surface area contributed by atoms with Crippen molar-refractivity contribution in [3.8, 4) is 5.75 Å². The number of benzene rings is 2. The maximum Gasteiger partial charge on any atom is 0.244 e. The predicted molar refractivity (Wildman–Crippen MR) is 120 cm³/mol. The molecule has 6 nitrogen and oxygen atoms in total. The van der Waals surface area contributed by atoms with Crippen LogP contribution in [0.1, 0.15) is 18.2 Å². The Morgan fingerprint density at radius 1 is 1.19 bits per heavy atom. The molecule has 0 saturated carbocycles. The van der Waals surface area contributed by atoms with E-state index < -0.39 is 5.82 Å². The Bertz CT molecular complexity index is 1100. The maximum absolute atomic E-state index is 14.1. The molecule has 0 radical (unpaired) electrons. The Kier molecular flexibility index (Phi) is 7.50. The lowest BCUT2D eigenvalue weighted by Gasteiger charge is -2.18. The summed E-state index contributed by atoms with van der Waals surface area (Å²) >= 11 is 1.19. The van der Waals surface area contributed by atoms with Gasteiger partial charge in [-0.1, -0.05) is 30.3 Å². The Morgan fingerprint density at radius 2 is 1.94 bits per heavy atom. The number of aryl methyl sites for hydroxylation is 1. The zero-order chi connectivity index (χ0) is 22.2. The van der Waals surface area contributed by atoms with E-state index in [9.17, 15) is 14.0 Å². The van der Waals surface area contributed by atoms with Gasteiger partial charge in [0.2, 0.25) is 11.8 Å². The van der Waals surface area contributed by atoms with Gasteiger partial charge in [0.15, 0.2) is 5.13 Å². The third-order valence-corrected chi connectivity index (χ3v) is 5.11. The second-order valence-electron chi connectivity index (χ2n) is 6.60. The van der Waals surface area contributed by atoms with Crippen LogP contribution in [0, 0.1) is 12.7 Å². The van der Waals surface area contributed by atoms with Crippen LogP contribution in [0.15, 0.2) is 60.0 Å². The molecule has 0 aliphatic carbocycles. The molecule has 0 fully saturated rings. The second kappa shape index (κ2) is 10.5. The molecule has 0 aliphatic rings. The molecule has 0 spiro atoms. The van der Waals surface area contributed by atoms with Crippen LogP contribution in [0.4, 0.5) is 15.2 Å². The first-order valence-corrected chi connectivity index (χ1v) is 10.5. The van der Waals surface area contributed by atoms with Crippen molar-refractivity contribution in [2.24, 2.45) is 0 Å².